The van der Waals surface area contributed by atoms with E-state index in [0.717, 1.165) is 0 Å². The molecule has 1 aromatic carbocycles. The number of hydrogen-bond donors (Lipinski definition) is 1. The van der Waals surface area contributed by atoms with Crippen molar-refractivity contribution in [3.05, 3.63) is 29.8 Å². The second-order valence-electron chi connectivity index (χ2n) is 4.36. The van der Waals surface area contributed by atoms with Gasteiger partial charge in [0.15, 0.2) is 0 Å². The highest BCUT2D eigenvalue weighted by Gasteiger charge is 2.25. The van der Waals surface area contributed by atoms with E-state index < -0.39 is 10.0 Å². The summed E-state index contributed by atoms with van der Waals surface area (Å²) in [5.74, 6) is 5.22. The maximum atomic E-state index is 12.5. The SMILES string of the molecule is O=S(=O)(c1cccc(C#CCO)c1)N1CCCOCC1. The van der Waals surface area contributed by atoms with E-state index in [2.05, 4.69) is 11.8 Å². The Morgan fingerprint density at radius 2 is 2.15 bits per heavy atom. The number of benzene rings is 1. The van der Waals surface area contributed by atoms with Crippen molar-refractivity contribution in [1.82, 2.24) is 4.31 Å². The molecule has 0 aromatic heterocycles. The van der Waals surface area contributed by atoms with E-state index in [4.69, 9.17) is 9.84 Å². The molecule has 0 radical (unpaired) electrons. The largest absolute Gasteiger partial charge is 0.384 e. The molecule has 1 N–H and O–H groups in total. The van der Waals surface area contributed by atoms with Gasteiger partial charge in [-0.25, -0.2) is 8.42 Å². The molecule has 108 valence electrons. The third-order valence-corrected chi connectivity index (χ3v) is 4.86. The van der Waals surface area contributed by atoms with Gasteiger partial charge >= 0.3 is 0 Å². The zero-order valence-electron chi connectivity index (χ0n) is 11.1. The molecule has 1 aliphatic heterocycles. The highest BCUT2D eigenvalue weighted by atomic mass is 32.2. The van der Waals surface area contributed by atoms with E-state index >= 15 is 0 Å². The van der Waals surface area contributed by atoms with Crippen LogP contribution in [0.4, 0.5) is 0 Å². The van der Waals surface area contributed by atoms with E-state index in [0.29, 0.717) is 38.3 Å². The Bertz CT molecular complexity index is 608. The van der Waals surface area contributed by atoms with E-state index in [1.54, 1.807) is 18.2 Å². The number of rotatable bonds is 2. The maximum Gasteiger partial charge on any atom is 0.243 e. The third kappa shape index (κ3) is 3.58. The number of sulfonamides is 1. The number of aliphatic hydroxyl groups excluding tert-OH is 1. The minimum atomic E-state index is -3.51. The molecule has 0 atom stereocenters. The molecule has 0 saturated carbocycles. The van der Waals surface area contributed by atoms with Crippen LogP contribution in [0.3, 0.4) is 0 Å². The molecule has 2 rings (SSSR count). The van der Waals surface area contributed by atoms with Gasteiger partial charge in [0.2, 0.25) is 10.0 Å². The Balaban J connectivity index is 2.28. The molecule has 1 saturated heterocycles. The van der Waals surface area contributed by atoms with Gasteiger partial charge in [0, 0.05) is 25.3 Å². The van der Waals surface area contributed by atoms with Crippen LogP contribution < -0.4 is 0 Å². The fourth-order valence-electron chi connectivity index (χ4n) is 1.99. The van der Waals surface area contributed by atoms with Crippen molar-refractivity contribution in [2.75, 3.05) is 32.9 Å². The molecule has 0 aliphatic carbocycles. The first-order valence-corrected chi connectivity index (χ1v) is 7.86. The summed E-state index contributed by atoms with van der Waals surface area (Å²) in [7, 11) is -3.51. The number of aliphatic hydroxyl groups is 1. The molecule has 1 aliphatic rings. The van der Waals surface area contributed by atoms with Crippen LogP contribution in [-0.2, 0) is 14.8 Å². The van der Waals surface area contributed by atoms with Gasteiger partial charge in [-0.1, -0.05) is 17.9 Å². The first-order chi connectivity index (χ1) is 9.64. The molecule has 1 heterocycles. The van der Waals surface area contributed by atoms with Crippen LogP contribution in [0.1, 0.15) is 12.0 Å². The lowest BCUT2D eigenvalue weighted by Crippen LogP contribution is -2.33. The van der Waals surface area contributed by atoms with Crippen LogP contribution in [0, 0.1) is 11.8 Å². The Kier molecular flexibility index (Phi) is 5.15. The van der Waals surface area contributed by atoms with Crippen LogP contribution in [-0.4, -0.2) is 50.7 Å². The standard InChI is InChI=1S/C14H17NO4S/c16-9-2-5-13-4-1-6-14(12-13)20(17,18)15-7-3-10-19-11-8-15/h1,4,6,12,16H,3,7-11H2. The van der Waals surface area contributed by atoms with E-state index in [1.165, 1.54) is 10.4 Å². The van der Waals surface area contributed by atoms with Crippen LogP contribution in [0.2, 0.25) is 0 Å². The quantitative estimate of drug-likeness (QED) is 0.804. The highest BCUT2D eigenvalue weighted by molar-refractivity contribution is 7.89. The molecule has 5 nitrogen and oxygen atoms in total. The van der Waals surface area contributed by atoms with E-state index in [1.807, 2.05) is 0 Å². The minimum absolute atomic E-state index is 0.226. The third-order valence-electron chi connectivity index (χ3n) is 2.96. The molecule has 1 fully saturated rings. The molecular formula is C14H17NO4S. The maximum absolute atomic E-state index is 12.5. The molecule has 1 aromatic rings. The first kappa shape index (κ1) is 15.0. The molecule has 0 bridgehead atoms. The van der Waals surface area contributed by atoms with Crippen LogP contribution in [0.25, 0.3) is 0 Å². The second kappa shape index (κ2) is 6.86. The van der Waals surface area contributed by atoms with Crippen molar-refractivity contribution < 1.29 is 18.3 Å². The predicted octanol–water partition coefficient (Wildman–Crippen LogP) is 0.441. The van der Waals surface area contributed by atoms with Crippen molar-refractivity contribution in [1.29, 1.82) is 0 Å². The summed E-state index contributed by atoms with van der Waals surface area (Å²) in [5.41, 5.74) is 0.575. The van der Waals surface area contributed by atoms with Gasteiger partial charge in [-0.05, 0) is 24.6 Å². The highest BCUT2D eigenvalue weighted by Crippen LogP contribution is 2.18. The molecular weight excluding hydrogens is 278 g/mol. The van der Waals surface area contributed by atoms with Gasteiger partial charge < -0.3 is 9.84 Å². The first-order valence-electron chi connectivity index (χ1n) is 6.42. The average Bonchev–Trinajstić information content (AvgIpc) is 2.75. The fourth-order valence-corrected chi connectivity index (χ4v) is 3.50. The summed E-state index contributed by atoms with van der Waals surface area (Å²) in [6, 6.07) is 6.46. The smallest absolute Gasteiger partial charge is 0.243 e. The average molecular weight is 295 g/mol. The summed E-state index contributed by atoms with van der Waals surface area (Å²) in [6.45, 7) is 1.60. The molecule has 0 amide bonds. The van der Waals surface area contributed by atoms with Crippen LogP contribution in [0.5, 0.6) is 0 Å². The van der Waals surface area contributed by atoms with Crippen molar-refractivity contribution in [2.45, 2.75) is 11.3 Å². The van der Waals surface area contributed by atoms with Gasteiger partial charge in [-0.15, -0.1) is 0 Å². The monoisotopic (exact) mass is 295 g/mol. The predicted molar refractivity (Wildman–Crippen MR) is 74.6 cm³/mol. The summed E-state index contributed by atoms with van der Waals surface area (Å²) in [5, 5.41) is 8.68. The molecule has 0 unspecified atom stereocenters. The van der Waals surface area contributed by atoms with Crippen LogP contribution in [0.15, 0.2) is 29.2 Å². The zero-order valence-corrected chi connectivity index (χ0v) is 11.9. The van der Waals surface area contributed by atoms with E-state index in [9.17, 15) is 8.42 Å². The summed E-state index contributed by atoms with van der Waals surface area (Å²) >= 11 is 0. The Morgan fingerprint density at radius 1 is 1.30 bits per heavy atom. The Hall–Kier alpha value is -1.39. The van der Waals surface area contributed by atoms with Crippen LogP contribution >= 0.6 is 0 Å². The lowest BCUT2D eigenvalue weighted by Gasteiger charge is -2.19. The second-order valence-corrected chi connectivity index (χ2v) is 6.30. The lowest BCUT2D eigenvalue weighted by atomic mass is 10.2. The lowest BCUT2D eigenvalue weighted by molar-refractivity contribution is 0.148. The molecule has 0 spiro atoms. The van der Waals surface area contributed by atoms with Gasteiger partial charge in [0.1, 0.15) is 6.61 Å². The van der Waals surface area contributed by atoms with E-state index in [-0.39, 0.29) is 11.5 Å². The zero-order chi connectivity index (χ0) is 14.4. The van der Waals surface area contributed by atoms with Gasteiger partial charge in [-0.2, -0.15) is 4.31 Å². The Labute approximate surface area is 119 Å². The fraction of sp³-hybridized carbons (Fsp3) is 0.429. The van der Waals surface area contributed by atoms with Gasteiger partial charge in [0.05, 0.1) is 11.5 Å². The van der Waals surface area contributed by atoms with Crippen molar-refractivity contribution >= 4 is 10.0 Å². The summed E-state index contributed by atoms with van der Waals surface area (Å²) in [4.78, 5) is 0.226. The number of ether oxygens (including phenoxy) is 1. The topological polar surface area (TPSA) is 66.8 Å². The van der Waals surface area contributed by atoms with Crippen molar-refractivity contribution in [3.63, 3.8) is 0 Å². The molecule has 6 heteroatoms. The summed E-state index contributed by atoms with van der Waals surface area (Å²) < 4.78 is 31.8. The minimum Gasteiger partial charge on any atom is -0.384 e. The van der Waals surface area contributed by atoms with Gasteiger partial charge in [-0.3, -0.25) is 0 Å². The number of hydrogen-bond acceptors (Lipinski definition) is 4. The number of nitrogens with zero attached hydrogens (tertiary/aromatic N) is 1. The normalized spacial score (nSPS) is 17.1. The van der Waals surface area contributed by atoms with Gasteiger partial charge in [0.25, 0.3) is 0 Å². The summed E-state index contributed by atoms with van der Waals surface area (Å²) in [6.07, 6.45) is 0.698. The van der Waals surface area contributed by atoms with Crippen molar-refractivity contribution in [3.8, 4) is 11.8 Å². The van der Waals surface area contributed by atoms with Crippen molar-refractivity contribution in [2.24, 2.45) is 0 Å². The Morgan fingerprint density at radius 3 is 2.95 bits per heavy atom. The molecule has 20 heavy (non-hydrogen) atoms.